The van der Waals surface area contributed by atoms with Crippen LogP contribution in [0.4, 0.5) is 0 Å². The maximum atomic E-state index is 9.43. The van der Waals surface area contributed by atoms with Crippen LogP contribution in [-0.2, 0) is 14.2 Å². The number of allylic oxidation sites excluding steroid dienone is 2. The van der Waals surface area contributed by atoms with Gasteiger partial charge in [-0.05, 0) is 19.1 Å². The molecule has 0 N–H and O–H groups in total. The second-order valence-corrected chi connectivity index (χ2v) is 6.45. The molecule has 0 amide bonds. The highest BCUT2D eigenvalue weighted by Gasteiger charge is 2.47. The standard InChI is InChI=1S/C16H12N4O3S/c1-16(24)3-2-12-11(7-20-16)13-15(21-12)23-14(22-13)10(4-17)9-5-18-8-19-6-9/h2-3,5-8,13,15,24H,1H3/b14-10-. The largest absolute Gasteiger partial charge is 0.450 e. The average Bonchev–Trinajstić information content (AvgIpc) is 3.06. The van der Waals surface area contributed by atoms with E-state index in [1.54, 1.807) is 12.3 Å². The number of ether oxygens (including phenoxy) is 3. The Morgan fingerprint density at radius 1 is 1.29 bits per heavy atom. The third kappa shape index (κ3) is 2.43. The Morgan fingerprint density at radius 3 is 2.83 bits per heavy atom. The molecule has 1 saturated heterocycles. The molecule has 0 saturated carbocycles. The van der Waals surface area contributed by atoms with Crippen LogP contribution in [0.15, 0.2) is 53.1 Å². The van der Waals surface area contributed by atoms with Gasteiger partial charge in [0.15, 0.2) is 0 Å². The van der Waals surface area contributed by atoms with Crippen molar-refractivity contribution in [3.8, 4) is 6.07 Å². The van der Waals surface area contributed by atoms with Gasteiger partial charge < -0.3 is 14.2 Å². The molecule has 1 aromatic rings. The van der Waals surface area contributed by atoms with Gasteiger partial charge in [0.2, 0.25) is 6.10 Å². The molecule has 0 radical (unpaired) electrons. The number of nitriles is 1. The predicted octanol–water partition coefficient (Wildman–Crippen LogP) is 1.98. The molecule has 7 nitrogen and oxygen atoms in total. The van der Waals surface area contributed by atoms with Gasteiger partial charge in [-0.2, -0.15) is 5.26 Å². The number of nitrogens with zero attached hydrogens (tertiary/aromatic N) is 4. The summed E-state index contributed by atoms with van der Waals surface area (Å²) >= 11 is 4.44. The lowest BCUT2D eigenvalue weighted by atomic mass is 10.1. The van der Waals surface area contributed by atoms with Crippen LogP contribution in [0.1, 0.15) is 12.5 Å². The van der Waals surface area contributed by atoms with Crippen LogP contribution in [0.3, 0.4) is 0 Å². The van der Waals surface area contributed by atoms with E-state index in [1.807, 2.05) is 13.0 Å². The van der Waals surface area contributed by atoms with Crippen molar-refractivity contribution in [2.75, 3.05) is 0 Å². The second kappa shape index (κ2) is 5.39. The van der Waals surface area contributed by atoms with Gasteiger partial charge in [-0.25, -0.2) is 9.97 Å². The molecule has 3 unspecified atom stereocenters. The van der Waals surface area contributed by atoms with E-state index in [9.17, 15) is 5.26 Å². The number of hydrogen-bond acceptors (Lipinski definition) is 8. The van der Waals surface area contributed by atoms with Crippen molar-refractivity contribution < 1.29 is 14.2 Å². The van der Waals surface area contributed by atoms with E-state index in [0.29, 0.717) is 11.3 Å². The molecular weight excluding hydrogens is 328 g/mol. The predicted molar refractivity (Wildman–Crippen MR) is 87.4 cm³/mol. The first kappa shape index (κ1) is 14.8. The van der Waals surface area contributed by atoms with Crippen molar-refractivity contribution in [1.82, 2.24) is 9.97 Å². The fraction of sp³-hybridized carbons (Fsp3) is 0.250. The summed E-state index contributed by atoms with van der Waals surface area (Å²) in [6.45, 7) is 1.86. The highest BCUT2D eigenvalue weighted by molar-refractivity contribution is 7.82. The molecule has 1 aromatic heterocycles. The third-order valence-electron chi connectivity index (χ3n) is 3.72. The van der Waals surface area contributed by atoms with Crippen LogP contribution >= 0.6 is 12.6 Å². The van der Waals surface area contributed by atoms with E-state index in [-0.39, 0.29) is 11.5 Å². The fourth-order valence-corrected chi connectivity index (χ4v) is 2.65. The van der Waals surface area contributed by atoms with Gasteiger partial charge in [-0.1, -0.05) is 0 Å². The monoisotopic (exact) mass is 340 g/mol. The third-order valence-corrected chi connectivity index (χ3v) is 3.98. The van der Waals surface area contributed by atoms with Gasteiger partial charge in [0.1, 0.15) is 28.6 Å². The molecular formula is C16H12N4O3S. The zero-order valence-corrected chi connectivity index (χ0v) is 13.5. The van der Waals surface area contributed by atoms with Gasteiger partial charge in [-0.3, -0.25) is 4.99 Å². The number of aromatic nitrogens is 2. The Balaban J connectivity index is 1.67. The van der Waals surface area contributed by atoms with Crippen molar-refractivity contribution in [3.05, 3.63) is 53.7 Å². The SMILES string of the molecule is CC1(S)C=CC2=C(C=N1)C1O/C(=C(\C#N)c3cncnc3)OC1O2. The zero-order valence-electron chi connectivity index (χ0n) is 12.6. The lowest BCUT2D eigenvalue weighted by molar-refractivity contribution is -0.0433. The smallest absolute Gasteiger partial charge is 0.302 e. The number of hydrogen-bond donors (Lipinski definition) is 1. The molecule has 3 aliphatic heterocycles. The summed E-state index contributed by atoms with van der Waals surface area (Å²) in [5, 5.41) is 9.43. The first-order valence-corrected chi connectivity index (χ1v) is 7.63. The number of thiol groups is 1. The number of rotatable bonds is 1. The highest BCUT2D eigenvalue weighted by Crippen LogP contribution is 2.40. The molecule has 4 heterocycles. The summed E-state index contributed by atoms with van der Waals surface area (Å²) in [5.74, 6) is 0.733. The first-order valence-electron chi connectivity index (χ1n) is 7.18. The van der Waals surface area contributed by atoms with Crippen molar-refractivity contribution in [2.24, 2.45) is 4.99 Å². The topological polar surface area (TPSA) is 89.6 Å². The number of fused-ring (bicyclic) bond motifs is 2. The lowest BCUT2D eigenvalue weighted by Gasteiger charge is -2.12. The quantitative estimate of drug-likeness (QED) is 0.621. The minimum absolute atomic E-state index is 0.101. The van der Waals surface area contributed by atoms with Crippen LogP contribution in [0.25, 0.3) is 5.57 Å². The molecule has 3 atom stereocenters. The summed E-state index contributed by atoms with van der Waals surface area (Å²) < 4.78 is 17.3. The average molecular weight is 340 g/mol. The van der Waals surface area contributed by atoms with Crippen LogP contribution in [-0.4, -0.2) is 33.4 Å². The summed E-state index contributed by atoms with van der Waals surface area (Å²) in [4.78, 5) is 11.6. The van der Waals surface area contributed by atoms with Crippen molar-refractivity contribution in [2.45, 2.75) is 24.2 Å². The maximum Gasteiger partial charge on any atom is 0.302 e. The zero-order chi connectivity index (χ0) is 16.7. The van der Waals surface area contributed by atoms with E-state index in [2.05, 4.69) is 33.7 Å². The summed E-state index contributed by atoms with van der Waals surface area (Å²) in [6, 6.07) is 2.07. The molecule has 0 aliphatic carbocycles. The van der Waals surface area contributed by atoms with E-state index in [4.69, 9.17) is 14.2 Å². The lowest BCUT2D eigenvalue weighted by Crippen LogP contribution is -2.21. The summed E-state index contributed by atoms with van der Waals surface area (Å²) in [6.07, 6.45) is 8.60. The molecule has 4 rings (SSSR count). The van der Waals surface area contributed by atoms with E-state index in [1.165, 1.54) is 18.7 Å². The Morgan fingerprint density at radius 2 is 2.08 bits per heavy atom. The molecule has 0 bridgehead atoms. The van der Waals surface area contributed by atoms with Crippen LogP contribution in [0.5, 0.6) is 0 Å². The molecule has 0 spiro atoms. The van der Waals surface area contributed by atoms with Gasteiger partial charge in [0.05, 0.1) is 5.57 Å². The van der Waals surface area contributed by atoms with Gasteiger partial charge in [0, 0.05) is 24.2 Å². The van der Waals surface area contributed by atoms with Crippen molar-refractivity contribution >= 4 is 24.4 Å². The van der Waals surface area contributed by atoms with Gasteiger partial charge >= 0.3 is 5.95 Å². The van der Waals surface area contributed by atoms with Crippen LogP contribution in [0.2, 0.25) is 0 Å². The van der Waals surface area contributed by atoms with E-state index in [0.717, 1.165) is 5.57 Å². The molecule has 8 heteroatoms. The Bertz CT molecular complexity index is 852. The molecule has 0 aromatic carbocycles. The van der Waals surface area contributed by atoms with Gasteiger partial charge in [-0.15, -0.1) is 12.6 Å². The van der Waals surface area contributed by atoms with Crippen molar-refractivity contribution in [3.63, 3.8) is 0 Å². The molecule has 24 heavy (non-hydrogen) atoms. The molecule has 1 fully saturated rings. The van der Waals surface area contributed by atoms with E-state index >= 15 is 0 Å². The minimum Gasteiger partial charge on any atom is -0.450 e. The summed E-state index contributed by atoms with van der Waals surface area (Å²) in [7, 11) is 0. The normalized spacial score (nSPS) is 32.0. The highest BCUT2D eigenvalue weighted by atomic mass is 32.1. The van der Waals surface area contributed by atoms with Crippen molar-refractivity contribution in [1.29, 1.82) is 5.26 Å². The Labute approximate surface area is 143 Å². The Hall–Kier alpha value is -2.79. The Kier molecular flexibility index (Phi) is 3.32. The van der Waals surface area contributed by atoms with Crippen LogP contribution in [0, 0.1) is 11.3 Å². The molecule has 3 aliphatic rings. The summed E-state index contributed by atoms with van der Waals surface area (Å²) in [5.41, 5.74) is 1.49. The van der Waals surface area contributed by atoms with E-state index < -0.39 is 17.3 Å². The van der Waals surface area contributed by atoms with Crippen LogP contribution < -0.4 is 0 Å². The maximum absolute atomic E-state index is 9.43. The fourth-order valence-electron chi connectivity index (χ4n) is 2.52. The molecule has 120 valence electrons. The second-order valence-electron chi connectivity index (χ2n) is 5.55. The van der Waals surface area contributed by atoms with Gasteiger partial charge in [0.25, 0.3) is 6.29 Å². The minimum atomic E-state index is -0.654. The first-order chi connectivity index (χ1) is 11.6. The number of aliphatic imine (C=N–C) groups is 1.